The highest BCUT2D eigenvalue weighted by Gasteiger charge is 2.29. The first-order chi connectivity index (χ1) is 17.6. The van der Waals surface area contributed by atoms with Crippen molar-refractivity contribution in [3.63, 3.8) is 0 Å². The van der Waals surface area contributed by atoms with Crippen LogP contribution in [0.5, 0.6) is 0 Å². The molecule has 0 spiro atoms. The van der Waals surface area contributed by atoms with E-state index in [0.717, 1.165) is 9.44 Å². The molecule has 11 heteroatoms. The van der Waals surface area contributed by atoms with E-state index >= 15 is 0 Å². The van der Waals surface area contributed by atoms with Gasteiger partial charge < -0.3 is 15.5 Å². The lowest BCUT2D eigenvalue weighted by Crippen LogP contribution is -2.48. The number of aryl methyl sites for hydroxylation is 2. The minimum atomic E-state index is -1.90. The van der Waals surface area contributed by atoms with Gasteiger partial charge in [-0.15, -0.1) is 11.3 Å². The van der Waals surface area contributed by atoms with Gasteiger partial charge in [0, 0.05) is 15.5 Å². The molecular formula is C26H24ClN3O6S. The molecule has 2 aromatic carbocycles. The molecule has 0 radical (unpaired) electrons. The quantitative estimate of drug-likeness (QED) is 0.270. The predicted octanol–water partition coefficient (Wildman–Crippen LogP) is 3.05. The first kappa shape index (κ1) is 26.3. The fourth-order valence-electron chi connectivity index (χ4n) is 4.13. The highest BCUT2D eigenvalue weighted by molar-refractivity contribution is 7.18. The maximum Gasteiger partial charge on any atom is 0.334 e. The van der Waals surface area contributed by atoms with Crippen molar-refractivity contribution in [2.45, 2.75) is 38.8 Å². The molecule has 0 bridgehead atoms. The Morgan fingerprint density at radius 1 is 1.14 bits per heavy atom. The van der Waals surface area contributed by atoms with E-state index < -0.39 is 35.3 Å². The molecule has 192 valence electrons. The van der Waals surface area contributed by atoms with Crippen LogP contribution in [0, 0.1) is 6.92 Å². The van der Waals surface area contributed by atoms with Gasteiger partial charge in [0.15, 0.2) is 6.10 Å². The lowest BCUT2D eigenvalue weighted by atomic mass is 10.00. The molecule has 2 heterocycles. The van der Waals surface area contributed by atoms with Crippen LogP contribution in [0.4, 0.5) is 0 Å². The molecule has 0 aliphatic rings. The van der Waals surface area contributed by atoms with Crippen LogP contribution >= 0.6 is 22.9 Å². The number of aliphatic hydroxyl groups is 1. The van der Waals surface area contributed by atoms with Crippen LogP contribution in [-0.4, -0.2) is 43.8 Å². The number of amides is 1. The number of H-pyrrole nitrogens is 1. The first-order valence-electron chi connectivity index (χ1n) is 11.4. The molecule has 4 rings (SSSR count). The second-order valence-corrected chi connectivity index (χ2v) is 10.2. The number of aliphatic hydroxyl groups excluding tert-OH is 1. The Morgan fingerprint density at radius 3 is 2.54 bits per heavy atom. The molecule has 1 amide bonds. The highest BCUT2D eigenvalue weighted by atomic mass is 35.5. The number of fused-ring (bicyclic) bond motifs is 1. The summed E-state index contributed by atoms with van der Waals surface area (Å²) in [6, 6.07) is 11.8. The summed E-state index contributed by atoms with van der Waals surface area (Å²) in [7, 11) is 0. The summed E-state index contributed by atoms with van der Waals surface area (Å²) >= 11 is 7.50. The van der Waals surface area contributed by atoms with E-state index in [-0.39, 0.29) is 17.7 Å². The number of aromatic nitrogens is 2. The van der Waals surface area contributed by atoms with Crippen molar-refractivity contribution in [2.24, 2.45) is 0 Å². The minimum absolute atomic E-state index is 0.0356. The van der Waals surface area contributed by atoms with E-state index in [0.29, 0.717) is 32.8 Å². The van der Waals surface area contributed by atoms with Gasteiger partial charge in [-0.25, -0.2) is 14.2 Å². The fourth-order valence-corrected chi connectivity index (χ4v) is 5.24. The number of benzene rings is 2. The monoisotopic (exact) mass is 541 g/mol. The van der Waals surface area contributed by atoms with Crippen molar-refractivity contribution >= 4 is 45.0 Å². The number of nitrogens with one attached hydrogen (secondary N) is 2. The van der Waals surface area contributed by atoms with Crippen molar-refractivity contribution in [2.75, 3.05) is 0 Å². The molecule has 0 fully saturated rings. The minimum Gasteiger partial charge on any atom is -0.479 e. The van der Waals surface area contributed by atoms with Gasteiger partial charge in [-0.2, -0.15) is 0 Å². The summed E-state index contributed by atoms with van der Waals surface area (Å²) in [6.45, 7) is 3.69. The number of halogens is 1. The lowest BCUT2D eigenvalue weighted by molar-refractivity contribution is -0.148. The third-order valence-electron chi connectivity index (χ3n) is 6.03. The zero-order chi connectivity index (χ0) is 26.9. The largest absolute Gasteiger partial charge is 0.479 e. The number of aromatic amines is 1. The molecule has 2 aromatic heterocycles. The normalized spacial score (nSPS) is 12.9. The SMILES string of the molecule is CCc1ccc(C(=O)NC(Cc2ccccc2Cl)C(O)C(=O)O)cc1-n1c(=O)[nH]c2sc(C)cc2c1=O. The van der Waals surface area contributed by atoms with Gasteiger partial charge >= 0.3 is 11.7 Å². The van der Waals surface area contributed by atoms with Crippen LogP contribution in [0.15, 0.2) is 58.1 Å². The summed E-state index contributed by atoms with van der Waals surface area (Å²) in [6.07, 6.45) is -1.45. The van der Waals surface area contributed by atoms with E-state index in [1.54, 1.807) is 36.4 Å². The Morgan fingerprint density at radius 2 is 1.86 bits per heavy atom. The van der Waals surface area contributed by atoms with Crippen LogP contribution in [0.1, 0.15) is 33.3 Å². The lowest BCUT2D eigenvalue weighted by Gasteiger charge is -2.22. The van der Waals surface area contributed by atoms with Crippen molar-refractivity contribution in [3.8, 4) is 5.69 Å². The Labute approximate surface area is 220 Å². The summed E-state index contributed by atoms with van der Waals surface area (Å²) < 4.78 is 0.997. The van der Waals surface area contributed by atoms with Gasteiger partial charge in [-0.05, 0) is 55.2 Å². The average Bonchev–Trinajstić information content (AvgIpc) is 3.24. The third kappa shape index (κ3) is 5.36. The number of hydrogen-bond acceptors (Lipinski definition) is 6. The summed E-state index contributed by atoms with van der Waals surface area (Å²) in [5.74, 6) is -2.19. The number of thiophene rings is 1. The smallest absolute Gasteiger partial charge is 0.334 e. The predicted molar refractivity (Wildman–Crippen MR) is 142 cm³/mol. The van der Waals surface area contributed by atoms with Gasteiger partial charge in [0.1, 0.15) is 4.83 Å². The zero-order valence-electron chi connectivity index (χ0n) is 19.9. The molecule has 2 atom stereocenters. The Bertz CT molecular complexity index is 1620. The molecule has 0 aliphatic carbocycles. The average molecular weight is 542 g/mol. The van der Waals surface area contributed by atoms with E-state index in [2.05, 4.69) is 10.3 Å². The van der Waals surface area contributed by atoms with Gasteiger partial charge in [0.05, 0.1) is 17.1 Å². The second-order valence-electron chi connectivity index (χ2n) is 8.53. The maximum absolute atomic E-state index is 13.2. The van der Waals surface area contributed by atoms with Crippen molar-refractivity contribution in [1.29, 1.82) is 0 Å². The standard InChI is InChI=1S/C26H24ClN3O6S/c1-3-14-8-9-16(12-20(14)30-24(33)17-10-13(2)37-23(17)29-26(30)36)22(32)28-19(21(31)25(34)35)11-15-6-4-5-7-18(15)27/h4-10,12,19,21,31H,3,11H2,1-2H3,(H,28,32)(H,29,36)(H,34,35). The molecule has 2 unspecified atom stereocenters. The molecule has 0 saturated heterocycles. The first-order valence-corrected chi connectivity index (χ1v) is 12.6. The van der Waals surface area contributed by atoms with E-state index in [1.165, 1.54) is 23.5 Å². The highest BCUT2D eigenvalue weighted by Crippen LogP contribution is 2.22. The second kappa shape index (κ2) is 10.7. The number of rotatable bonds is 8. The van der Waals surface area contributed by atoms with Gasteiger partial charge in [-0.3, -0.25) is 14.6 Å². The van der Waals surface area contributed by atoms with E-state index in [1.807, 2.05) is 13.8 Å². The maximum atomic E-state index is 13.2. The molecular weight excluding hydrogens is 518 g/mol. The molecule has 4 aromatic rings. The summed E-state index contributed by atoms with van der Waals surface area (Å²) in [4.78, 5) is 54.9. The molecule has 9 nitrogen and oxygen atoms in total. The summed E-state index contributed by atoms with van der Waals surface area (Å²) in [5, 5.41) is 23.0. The van der Waals surface area contributed by atoms with Gasteiger partial charge in [-0.1, -0.05) is 42.8 Å². The number of carbonyl (C=O) groups is 2. The van der Waals surface area contributed by atoms with Crippen LogP contribution in [-0.2, 0) is 17.6 Å². The number of nitrogens with zero attached hydrogens (tertiary/aromatic N) is 1. The Hall–Kier alpha value is -3.73. The molecule has 37 heavy (non-hydrogen) atoms. The van der Waals surface area contributed by atoms with Gasteiger partial charge in [0.2, 0.25) is 0 Å². The van der Waals surface area contributed by atoms with Crippen LogP contribution < -0.4 is 16.6 Å². The fraction of sp³-hybridized carbons (Fsp3) is 0.231. The summed E-state index contributed by atoms with van der Waals surface area (Å²) in [5.41, 5.74) is 0.399. The topological polar surface area (TPSA) is 141 Å². The van der Waals surface area contributed by atoms with Crippen molar-refractivity contribution < 1.29 is 19.8 Å². The Balaban J connectivity index is 1.74. The van der Waals surface area contributed by atoms with E-state index in [4.69, 9.17) is 11.6 Å². The number of aliphatic carboxylic acids is 1. The van der Waals surface area contributed by atoms with Crippen molar-refractivity contribution in [1.82, 2.24) is 14.9 Å². The van der Waals surface area contributed by atoms with Crippen molar-refractivity contribution in [3.05, 3.63) is 96.0 Å². The Kier molecular flexibility index (Phi) is 7.63. The number of carboxylic acid groups (broad SMARTS) is 1. The van der Waals surface area contributed by atoms with Crippen LogP contribution in [0.25, 0.3) is 15.9 Å². The molecule has 4 N–H and O–H groups in total. The van der Waals surface area contributed by atoms with Gasteiger partial charge in [0.25, 0.3) is 11.5 Å². The third-order valence-corrected chi connectivity index (χ3v) is 7.36. The zero-order valence-corrected chi connectivity index (χ0v) is 21.5. The molecule has 0 saturated carbocycles. The number of carboxylic acids is 1. The number of carbonyl (C=O) groups excluding carboxylic acids is 1. The van der Waals surface area contributed by atoms with E-state index in [9.17, 15) is 29.4 Å². The molecule has 0 aliphatic heterocycles. The number of hydrogen-bond donors (Lipinski definition) is 4. The van der Waals surface area contributed by atoms with Crippen LogP contribution in [0.3, 0.4) is 0 Å². The van der Waals surface area contributed by atoms with Crippen LogP contribution in [0.2, 0.25) is 5.02 Å².